The molecule has 0 bridgehead atoms. The molecule has 3 aromatic rings. The third-order valence-electron chi connectivity index (χ3n) is 3.69. The molecule has 6 nitrogen and oxygen atoms in total. The van der Waals surface area contributed by atoms with E-state index in [4.69, 9.17) is 20.6 Å². The van der Waals surface area contributed by atoms with Crippen LogP contribution in [0.4, 0.5) is 4.79 Å². The molecule has 0 atom stereocenters. The minimum absolute atomic E-state index is 0.0846. The molecule has 0 radical (unpaired) electrons. The van der Waals surface area contributed by atoms with Crippen molar-refractivity contribution in [1.29, 1.82) is 5.41 Å². The largest absolute Gasteiger partial charge is 0.519 e. The number of ether oxygens (including phenoxy) is 2. The van der Waals surface area contributed by atoms with Crippen LogP contribution in [0.1, 0.15) is 5.56 Å². The minimum atomic E-state index is -0.789. The van der Waals surface area contributed by atoms with Crippen LogP contribution in [0.3, 0.4) is 0 Å². The smallest absolute Gasteiger partial charge is 0.395 e. The summed E-state index contributed by atoms with van der Waals surface area (Å²) in [6.45, 7) is 0.901. The van der Waals surface area contributed by atoms with E-state index in [2.05, 4.69) is 5.32 Å². The first kappa shape index (κ1) is 17.4. The predicted molar refractivity (Wildman–Crippen MR) is 101 cm³/mol. The van der Waals surface area contributed by atoms with Gasteiger partial charge in [0.2, 0.25) is 0 Å². The molecule has 132 valence electrons. The molecular weight excluding hydrogens is 330 g/mol. The molecule has 26 heavy (non-hydrogen) atoms. The Morgan fingerprint density at radius 1 is 0.923 bits per heavy atom. The van der Waals surface area contributed by atoms with Crippen molar-refractivity contribution in [3.63, 3.8) is 0 Å². The van der Waals surface area contributed by atoms with Crippen molar-refractivity contribution in [2.75, 3.05) is 6.54 Å². The van der Waals surface area contributed by atoms with E-state index >= 15 is 0 Å². The van der Waals surface area contributed by atoms with Crippen molar-refractivity contribution in [3.8, 4) is 11.5 Å². The predicted octanol–water partition coefficient (Wildman–Crippen LogP) is 3.44. The van der Waals surface area contributed by atoms with E-state index in [1.807, 2.05) is 42.5 Å². The lowest BCUT2D eigenvalue weighted by molar-refractivity contribution is 0.152. The molecule has 0 aliphatic carbocycles. The van der Waals surface area contributed by atoms with E-state index in [0.29, 0.717) is 24.6 Å². The zero-order valence-electron chi connectivity index (χ0n) is 14.1. The number of nitrogens with two attached hydrogens (primary N) is 1. The van der Waals surface area contributed by atoms with Crippen molar-refractivity contribution in [1.82, 2.24) is 5.32 Å². The Kier molecular flexibility index (Phi) is 5.46. The quantitative estimate of drug-likeness (QED) is 0.274. The third kappa shape index (κ3) is 4.81. The highest BCUT2D eigenvalue weighted by Gasteiger charge is 2.08. The summed E-state index contributed by atoms with van der Waals surface area (Å²) in [5.41, 5.74) is 6.27. The van der Waals surface area contributed by atoms with Crippen molar-refractivity contribution < 1.29 is 14.3 Å². The van der Waals surface area contributed by atoms with Gasteiger partial charge in [0, 0.05) is 6.54 Å². The second-order valence-electron chi connectivity index (χ2n) is 5.74. The van der Waals surface area contributed by atoms with Gasteiger partial charge in [0.05, 0.1) is 6.54 Å². The molecule has 0 saturated heterocycles. The van der Waals surface area contributed by atoms with Crippen LogP contribution in [-0.4, -0.2) is 18.5 Å². The average molecular weight is 349 g/mol. The highest BCUT2D eigenvalue weighted by molar-refractivity contribution is 5.84. The number of hydrogen-bond donors (Lipinski definition) is 3. The standard InChI is InChI=1S/C20H19N3O3/c21-19(22)13-23-12-14-5-8-17(9-6-14)25-20(24)26-18-10-7-15-3-1-2-4-16(15)11-18/h1-11,23H,12-13H2,(H3,21,22). The molecule has 0 aromatic heterocycles. The monoisotopic (exact) mass is 349 g/mol. The van der Waals surface area contributed by atoms with Crippen LogP contribution in [-0.2, 0) is 6.54 Å². The summed E-state index contributed by atoms with van der Waals surface area (Å²) in [7, 11) is 0. The average Bonchev–Trinajstić information content (AvgIpc) is 2.63. The number of benzene rings is 3. The topological polar surface area (TPSA) is 97.4 Å². The Hall–Kier alpha value is -3.38. The first-order valence-corrected chi connectivity index (χ1v) is 8.11. The zero-order valence-corrected chi connectivity index (χ0v) is 14.1. The minimum Gasteiger partial charge on any atom is -0.395 e. The number of amidine groups is 1. The second kappa shape index (κ2) is 8.13. The van der Waals surface area contributed by atoms with E-state index in [9.17, 15) is 4.79 Å². The number of carbonyl (C=O) groups is 1. The summed E-state index contributed by atoms with van der Waals surface area (Å²) in [4.78, 5) is 12.0. The molecule has 0 saturated carbocycles. The maximum absolute atomic E-state index is 12.0. The molecule has 3 aromatic carbocycles. The fourth-order valence-electron chi connectivity index (χ4n) is 2.46. The van der Waals surface area contributed by atoms with Gasteiger partial charge < -0.3 is 20.5 Å². The molecule has 3 rings (SSSR count). The summed E-state index contributed by atoms with van der Waals surface area (Å²) >= 11 is 0. The van der Waals surface area contributed by atoms with Gasteiger partial charge in [0.15, 0.2) is 0 Å². The van der Waals surface area contributed by atoms with Gasteiger partial charge in [-0.3, -0.25) is 5.41 Å². The van der Waals surface area contributed by atoms with Gasteiger partial charge in [-0.25, -0.2) is 4.79 Å². The number of carbonyl (C=O) groups excluding carboxylic acids is 1. The zero-order chi connectivity index (χ0) is 18.4. The van der Waals surface area contributed by atoms with Crippen molar-refractivity contribution in [2.45, 2.75) is 6.54 Å². The highest BCUT2D eigenvalue weighted by atomic mass is 16.7. The fraction of sp³-hybridized carbons (Fsp3) is 0.100. The Bertz CT molecular complexity index is 923. The molecule has 0 aliphatic rings. The van der Waals surface area contributed by atoms with E-state index in [-0.39, 0.29) is 5.84 Å². The van der Waals surface area contributed by atoms with Crippen LogP contribution in [0, 0.1) is 5.41 Å². The molecule has 0 fully saturated rings. The van der Waals surface area contributed by atoms with E-state index in [0.717, 1.165) is 16.3 Å². The number of hydrogen-bond acceptors (Lipinski definition) is 5. The van der Waals surface area contributed by atoms with Crippen molar-refractivity contribution in [2.24, 2.45) is 5.73 Å². The van der Waals surface area contributed by atoms with Gasteiger partial charge in [-0.15, -0.1) is 0 Å². The van der Waals surface area contributed by atoms with Gasteiger partial charge in [-0.05, 0) is 40.6 Å². The van der Waals surface area contributed by atoms with Gasteiger partial charge in [0.1, 0.15) is 17.3 Å². The Morgan fingerprint density at radius 3 is 2.31 bits per heavy atom. The molecule has 6 heteroatoms. The van der Waals surface area contributed by atoms with E-state index in [1.165, 1.54) is 0 Å². The molecule has 0 unspecified atom stereocenters. The van der Waals surface area contributed by atoms with Crippen LogP contribution < -0.4 is 20.5 Å². The molecule has 0 spiro atoms. The fourth-order valence-corrected chi connectivity index (χ4v) is 2.46. The van der Waals surface area contributed by atoms with Crippen LogP contribution in [0.25, 0.3) is 10.8 Å². The van der Waals surface area contributed by atoms with Gasteiger partial charge in [-0.1, -0.05) is 42.5 Å². The summed E-state index contributed by atoms with van der Waals surface area (Å²) in [6, 6.07) is 20.3. The van der Waals surface area contributed by atoms with Gasteiger partial charge in [-0.2, -0.15) is 0 Å². The first-order chi connectivity index (χ1) is 12.6. The maximum atomic E-state index is 12.0. The molecule has 0 amide bonds. The van der Waals surface area contributed by atoms with Crippen LogP contribution in [0.15, 0.2) is 66.7 Å². The number of rotatable bonds is 6. The van der Waals surface area contributed by atoms with Crippen LogP contribution >= 0.6 is 0 Å². The second-order valence-corrected chi connectivity index (χ2v) is 5.74. The SMILES string of the molecule is N=C(N)CNCc1ccc(OC(=O)Oc2ccc3ccccc3c2)cc1. The van der Waals surface area contributed by atoms with Crippen molar-refractivity contribution >= 4 is 22.8 Å². The summed E-state index contributed by atoms with van der Waals surface area (Å²) in [6.07, 6.45) is -0.789. The molecule has 0 aliphatic heterocycles. The normalized spacial score (nSPS) is 10.5. The number of fused-ring (bicyclic) bond motifs is 1. The highest BCUT2D eigenvalue weighted by Crippen LogP contribution is 2.21. The summed E-state index contributed by atoms with van der Waals surface area (Å²) in [5.74, 6) is 0.909. The van der Waals surface area contributed by atoms with E-state index < -0.39 is 6.16 Å². The van der Waals surface area contributed by atoms with Gasteiger partial charge >= 0.3 is 6.16 Å². The Labute approximate surface area is 151 Å². The molecular formula is C20H19N3O3. The molecule has 4 N–H and O–H groups in total. The summed E-state index contributed by atoms with van der Waals surface area (Å²) < 4.78 is 10.4. The molecule has 0 heterocycles. The third-order valence-corrected chi connectivity index (χ3v) is 3.69. The van der Waals surface area contributed by atoms with Crippen molar-refractivity contribution in [3.05, 3.63) is 72.3 Å². The maximum Gasteiger partial charge on any atom is 0.519 e. The van der Waals surface area contributed by atoms with Gasteiger partial charge in [0.25, 0.3) is 0 Å². The number of nitrogens with one attached hydrogen (secondary N) is 2. The van der Waals surface area contributed by atoms with E-state index in [1.54, 1.807) is 24.3 Å². The lowest BCUT2D eigenvalue weighted by Crippen LogP contribution is -2.27. The summed E-state index contributed by atoms with van der Waals surface area (Å²) in [5, 5.41) is 12.2. The van der Waals surface area contributed by atoms with Crippen LogP contribution in [0.5, 0.6) is 11.5 Å². The van der Waals surface area contributed by atoms with Crippen LogP contribution in [0.2, 0.25) is 0 Å². The lowest BCUT2D eigenvalue weighted by atomic mass is 10.1. The Morgan fingerprint density at radius 2 is 1.58 bits per heavy atom. The lowest BCUT2D eigenvalue weighted by Gasteiger charge is -2.08. The Balaban J connectivity index is 1.56. The first-order valence-electron chi connectivity index (χ1n) is 8.11.